The number of nitrogens with one attached hydrogen (secondary N) is 2. The average molecular weight is 477 g/mol. The Kier molecular flexibility index (Phi) is 8.14. The predicted octanol–water partition coefficient (Wildman–Crippen LogP) is 5.27. The summed E-state index contributed by atoms with van der Waals surface area (Å²) in [6.45, 7) is 1.78. The number of H-pyrrole nitrogens is 1. The summed E-state index contributed by atoms with van der Waals surface area (Å²) < 4.78 is 10.3. The van der Waals surface area contributed by atoms with E-state index in [4.69, 9.17) is 32.7 Å². The van der Waals surface area contributed by atoms with Gasteiger partial charge < -0.3 is 19.8 Å². The van der Waals surface area contributed by atoms with Crippen LogP contribution in [0, 0.1) is 0 Å². The van der Waals surface area contributed by atoms with Crippen molar-refractivity contribution in [2.75, 3.05) is 25.1 Å². The molecule has 0 aliphatic carbocycles. The van der Waals surface area contributed by atoms with Crippen molar-refractivity contribution in [1.82, 2.24) is 4.98 Å². The second-order valence-electron chi connectivity index (χ2n) is 6.87. The number of anilines is 1. The van der Waals surface area contributed by atoms with Crippen molar-refractivity contribution in [2.45, 2.75) is 19.8 Å². The molecule has 0 aliphatic heterocycles. The number of benzene rings is 2. The summed E-state index contributed by atoms with van der Waals surface area (Å²) in [5.41, 5.74) is 1.62. The van der Waals surface area contributed by atoms with Crippen molar-refractivity contribution in [3.8, 4) is 0 Å². The molecule has 1 heterocycles. The summed E-state index contributed by atoms with van der Waals surface area (Å²) in [5, 5.41) is 4.14. The van der Waals surface area contributed by atoms with E-state index in [9.17, 15) is 14.4 Å². The van der Waals surface area contributed by atoms with E-state index in [2.05, 4.69) is 10.3 Å². The topological polar surface area (TPSA) is 97.5 Å². The molecule has 0 bridgehead atoms. The van der Waals surface area contributed by atoms with Crippen LogP contribution in [0.1, 0.15) is 40.6 Å². The van der Waals surface area contributed by atoms with Gasteiger partial charge in [0.2, 0.25) is 0 Å². The molecular weight excluding hydrogens is 455 g/mol. The lowest BCUT2D eigenvalue weighted by Crippen LogP contribution is -2.19. The van der Waals surface area contributed by atoms with Crippen LogP contribution in [0.25, 0.3) is 10.9 Å². The second-order valence-corrected chi connectivity index (χ2v) is 7.72. The smallest absolute Gasteiger partial charge is 0.356 e. The van der Waals surface area contributed by atoms with Gasteiger partial charge >= 0.3 is 11.9 Å². The van der Waals surface area contributed by atoms with E-state index in [1.807, 2.05) is 6.07 Å². The van der Waals surface area contributed by atoms with Gasteiger partial charge in [-0.3, -0.25) is 9.59 Å². The molecule has 0 saturated heterocycles. The fourth-order valence-corrected chi connectivity index (χ4v) is 3.77. The van der Waals surface area contributed by atoms with E-state index in [-0.39, 0.29) is 37.7 Å². The number of aromatic amines is 1. The number of carbonyl (C=O) groups is 3. The molecule has 9 heteroatoms. The number of Topliss-reactive ketones (excluding diaryl/α,β-unsaturated/α-hetero) is 1. The third-order valence-corrected chi connectivity index (χ3v) is 5.13. The Labute approximate surface area is 195 Å². The Hall–Kier alpha value is -3.03. The summed E-state index contributed by atoms with van der Waals surface area (Å²) in [5.74, 6) is -1.14. The Bertz CT molecular complexity index is 1130. The monoisotopic (exact) mass is 476 g/mol. The Morgan fingerprint density at radius 3 is 2.53 bits per heavy atom. The molecule has 1 aromatic heterocycles. The Morgan fingerprint density at radius 1 is 1.06 bits per heavy atom. The van der Waals surface area contributed by atoms with E-state index < -0.39 is 11.9 Å². The molecule has 0 amide bonds. The first-order valence-corrected chi connectivity index (χ1v) is 10.8. The lowest BCUT2D eigenvalue weighted by Gasteiger charge is -2.09. The zero-order valence-electron chi connectivity index (χ0n) is 17.4. The van der Waals surface area contributed by atoms with Crippen LogP contribution in [-0.4, -0.2) is 42.5 Å². The lowest BCUT2D eigenvalue weighted by molar-refractivity contribution is -0.141. The molecule has 32 heavy (non-hydrogen) atoms. The largest absolute Gasteiger partial charge is 0.464 e. The molecule has 0 fully saturated rings. The number of ketones is 1. The van der Waals surface area contributed by atoms with Gasteiger partial charge in [-0.15, -0.1) is 0 Å². The maximum atomic E-state index is 12.4. The molecule has 168 valence electrons. The van der Waals surface area contributed by atoms with E-state index in [0.29, 0.717) is 38.6 Å². The molecule has 2 N–H and O–H groups in total. The quantitative estimate of drug-likeness (QED) is 0.235. The van der Waals surface area contributed by atoms with E-state index in [0.717, 1.165) is 0 Å². The number of aromatic nitrogens is 1. The van der Waals surface area contributed by atoms with Crippen LogP contribution >= 0.6 is 23.2 Å². The zero-order chi connectivity index (χ0) is 23.1. The molecule has 3 aromatic rings. The van der Waals surface area contributed by atoms with Gasteiger partial charge in [-0.2, -0.15) is 0 Å². The molecule has 0 atom stereocenters. The molecule has 0 spiro atoms. The van der Waals surface area contributed by atoms with Crippen molar-refractivity contribution >= 4 is 57.5 Å². The van der Waals surface area contributed by atoms with Gasteiger partial charge in [-0.05, 0) is 25.5 Å². The number of carbonyl (C=O) groups excluding carboxylic acids is 3. The number of rotatable bonds is 10. The van der Waals surface area contributed by atoms with Crippen LogP contribution in [0.4, 0.5) is 5.69 Å². The van der Waals surface area contributed by atoms with E-state index >= 15 is 0 Å². The van der Waals surface area contributed by atoms with Gasteiger partial charge in [0, 0.05) is 22.4 Å². The van der Waals surface area contributed by atoms with Crippen molar-refractivity contribution in [3.05, 3.63) is 63.8 Å². The van der Waals surface area contributed by atoms with Gasteiger partial charge in [0.05, 0.1) is 29.4 Å². The standard InChI is InChI=1S/C23H22Cl2N2O5/c1-2-31-23(30)22-21(20-16(25)11-15(24)12-17(20)27-22)26-13-19(29)32-10-6-9-18(28)14-7-4-3-5-8-14/h3-5,7-8,11-12,26-27H,2,6,9-10,13H2,1H3. The number of fused-ring (bicyclic) bond motifs is 1. The number of hydrogen-bond donors (Lipinski definition) is 2. The number of esters is 2. The van der Waals surface area contributed by atoms with Crippen LogP contribution < -0.4 is 5.32 Å². The molecular formula is C23H22Cl2N2O5. The number of hydrogen-bond acceptors (Lipinski definition) is 6. The van der Waals surface area contributed by atoms with Gasteiger partial charge in [-0.25, -0.2) is 4.79 Å². The van der Waals surface area contributed by atoms with Crippen molar-refractivity contribution in [2.24, 2.45) is 0 Å². The van der Waals surface area contributed by atoms with Crippen molar-refractivity contribution in [1.29, 1.82) is 0 Å². The molecule has 0 aliphatic rings. The minimum absolute atomic E-state index is 0.00838. The third-order valence-electron chi connectivity index (χ3n) is 4.61. The molecule has 7 nitrogen and oxygen atoms in total. The highest BCUT2D eigenvalue weighted by Crippen LogP contribution is 2.36. The Balaban J connectivity index is 1.60. The first-order valence-electron chi connectivity index (χ1n) is 10.1. The number of ether oxygens (including phenoxy) is 2. The zero-order valence-corrected chi connectivity index (χ0v) is 18.9. The predicted molar refractivity (Wildman–Crippen MR) is 124 cm³/mol. The summed E-state index contributed by atoms with van der Waals surface area (Å²) >= 11 is 12.4. The molecule has 0 radical (unpaired) electrons. The number of halogens is 2. The Morgan fingerprint density at radius 2 is 1.81 bits per heavy atom. The first kappa shape index (κ1) is 23.6. The fraction of sp³-hybridized carbons (Fsp3) is 0.261. The van der Waals surface area contributed by atoms with Crippen molar-refractivity contribution in [3.63, 3.8) is 0 Å². The van der Waals surface area contributed by atoms with Crippen molar-refractivity contribution < 1.29 is 23.9 Å². The molecule has 2 aromatic carbocycles. The van der Waals surface area contributed by atoms with Crippen LogP contribution in [0.2, 0.25) is 10.0 Å². The maximum absolute atomic E-state index is 12.4. The van der Waals surface area contributed by atoms with Gasteiger partial charge in [0.1, 0.15) is 12.2 Å². The third kappa shape index (κ3) is 5.81. The maximum Gasteiger partial charge on any atom is 0.356 e. The van der Waals surface area contributed by atoms with Gasteiger partial charge in [-0.1, -0.05) is 53.5 Å². The van der Waals surface area contributed by atoms with Crippen LogP contribution in [0.5, 0.6) is 0 Å². The molecule has 0 unspecified atom stereocenters. The lowest BCUT2D eigenvalue weighted by atomic mass is 10.1. The normalized spacial score (nSPS) is 10.7. The average Bonchev–Trinajstić information content (AvgIpc) is 3.14. The minimum atomic E-state index is -0.591. The minimum Gasteiger partial charge on any atom is -0.464 e. The molecule has 0 saturated carbocycles. The SMILES string of the molecule is CCOC(=O)c1[nH]c2cc(Cl)cc(Cl)c2c1NCC(=O)OCCCC(=O)c1ccccc1. The summed E-state index contributed by atoms with van der Waals surface area (Å²) in [4.78, 5) is 39.6. The van der Waals surface area contributed by atoms with Crippen LogP contribution in [-0.2, 0) is 14.3 Å². The highest BCUT2D eigenvalue weighted by molar-refractivity contribution is 6.40. The highest BCUT2D eigenvalue weighted by Gasteiger charge is 2.22. The fourth-order valence-electron chi connectivity index (χ4n) is 3.18. The van der Waals surface area contributed by atoms with Crippen LogP contribution in [0.3, 0.4) is 0 Å². The first-order chi connectivity index (χ1) is 15.4. The second kappa shape index (κ2) is 11.0. The highest BCUT2D eigenvalue weighted by atomic mass is 35.5. The molecule has 3 rings (SSSR count). The van der Waals surface area contributed by atoms with E-state index in [1.54, 1.807) is 43.3 Å². The van der Waals surface area contributed by atoms with Gasteiger partial charge in [0.25, 0.3) is 0 Å². The van der Waals surface area contributed by atoms with E-state index in [1.165, 1.54) is 0 Å². The summed E-state index contributed by atoms with van der Waals surface area (Å²) in [6.07, 6.45) is 0.682. The summed E-state index contributed by atoms with van der Waals surface area (Å²) in [6, 6.07) is 12.1. The van der Waals surface area contributed by atoms with Crippen LogP contribution in [0.15, 0.2) is 42.5 Å². The summed E-state index contributed by atoms with van der Waals surface area (Å²) in [7, 11) is 0. The van der Waals surface area contributed by atoms with Gasteiger partial charge in [0.15, 0.2) is 5.78 Å².